The first-order chi connectivity index (χ1) is 9.16. The first kappa shape index (κ1) is 13.9. The molecule has 3 rings (SSSR count). The fourth-order valence-corrected chi connectivity index (χ4v) is 5.12. The van der Waals surface area contributed by atoms with Gasteiger partial charge >= 0.3 is 0 Å². The summed E-state index contributed by atoms with van der Waals surface area (Å²) in [4.78, 5) is 2.88. The lowest BCUT2D eigenvalue weighted by atomic mass is 9.62. The molecule has 2 nitrogen and oxygen atoms in total. The zero-order valence-electron chi connectivity index (χ0n) is 12.9. The predicted molar refractivity (Wildman–Crippen MR) is 81.0 cm³/mol. The van der Waals surface area contributed by atoms with E-state index in [1.807, 2.05) is 0 Å². The molecule has 1 unspecified atom stereocenters. The van der Waals surface area contributed by atoms with Crippen LogP contribution < -0.4 is 5.73 Å². The molecule has 2 heteroatoms. The normalized spacial score (nSPS) is 41.1. The number of likely N-dealkylation sites (tertiary alicyclic amines) is 1. The van der Waals surface area contributed by atoms with Crippen LogP contribution in [0.25, 0.3) is 0 Å². The third-order valence-electron chi connectivity index (χ3n) is 6.46. The average Bonchev–Trinajstić information content (AvgIpc) is 2.97. The number of hydrogen-bond donors (Lipinski definition) is 1. The van der Waals surface area contributed by atoms with E-state index in [9.17, 15) is 0 Å². The summed E-state index contributed by atoms with van der Waals surface area (Å²) >= 11 is 0. The van der Waals surface area contributed by atoms with Gasteiger partial charge in [-0.15, -0.1) is 0 Å². The molecule has 1 heterocycles. The summed E-state index contributed by atoms with van der Waals surface area (Å²) in [5, 5.41) is 0. The zero-order chi connectivity index (χ0) is 13.5. The second-order valence-corrected chi connectivity index (χ2v) is 7.79. The highest BCUT2D eigenvalue weighted by Gasteiger charge is 2.52. The van der Waals surface area contributed by atoms with Gasteiger partial charge in [0.2, 0.25) is 0 Å². The molecule has 1 aliphatic heterocycles. The van der Waals surface area contributed by atoms with Crippen molar-refractivity contribution >= 4 is 0 Å². The number of rotatable bonds is 4. The zero-order valence-corrected chi connectivity index (χ0v) is 12.9. The summed E-state index contributed by atoms with van der Waals surface area (Å²) in [7, 11) is 0. The lowest BCUT2D eigenvalue weighted by molar-refractivity contribution is -0.0536. The van der Waals surface area contributed by atoms with Crippen LogP contribution in [0, 0.1) is 17.8 Å². The Morgan fingerprint density at radius 3 is 2.37 bits per heavy atom. The van der Waals surface area contributed by atoms with E-state index in [0.29, 0.717) is 5.54 Å². The fraction of sp³-hybridized carbons (Fsp3) is 1.00. The van der Waals surface area contributed by atoms with Crippen LogP contribution in [-0.2, 0) is 0 Å². The van der Waals surface area contributed by atoms with E-state index in [1.54, 1.807) is 0 Å². The summed E-state index contributed by atoms with van der Waals surface area (Å²) in [5.41, 5.74) is 6.62. The summed E-state index contributed by atoms with van der Waals surface area (Å²) < 4.78 is 0. The first-order valence-corrected chi connectivity index (χ1v) is 8.63. The molecule has 110 valence electrons. The monoisotopic (exact) mass is 264 g/mol. The van der Waals surface area contributed by atoms with Gasteiger partial charge in [0.1, 0.15) is 0 Å². The Hall–Kier alpha value is -0.0800. The summed E-state index contributed by atoms with van der Waals surface area (Å²) in [6.07, 6.45) is 11.5. The first-order valence-electron chi connectivity index (χ1n) is 8.63. The van der Waals surface area contributed by atoms with Gasteiger partial charge in [-0.2, -0.15) is 0 Å². The van der Waals surface area contributed by atoms with Gasteiger partial charge in [-0.3, -0.25) is 4.90 Å². The van der Waals surface area contributed by atoms with Crippen LogP contribution in [0.4, 0.5) is 0 Å². The molecule has 2 saturated carbocycles. The van der Waals surface area contributed by atoms with E-state index < -0.39 is 0 Å². The molecule has 3 fully saturated rings. The van der Waals surface area contributed by atoms with Crippen LogP contribution in [0.2, 0.25) is 0 Å². The summed E-state index contributed by atoms with van der Waals surface area (Å²) in [6.45, 7) is 6.97. The molecule has 2 aliphatic carbocycles. The van der Waals surface area contributed by atoms with Gasteiger partial charge in [-0.05, 0) is 62.8 Å². The second kappa shape index (κ2) is 5.37. The summed E-state index contributed by atoms with van der Waals surface area (Å²) in [5.74, 6) is 2.75. The highest BCUT2D eigenvalue weighted by Crippen LogP contribution is 2.50. The van der Waals surface area contributed by atoms with Gasteiger partial charge in [0.05, 0.1) is 0 Å². The minimum Gasteiger partial charge on any atom is -0.329 e. The van der Waals surface area contributed by atoms with Gasteiger partial charge in [-0.1, -0.05) is 26.7 Å². The molecule has 0 aromatic rings. The molecule has 0 radical (unpaired) electrons. The van der Waals surface area contributed by atoms with E-state index in [-0.39, 0.29) is 0 Å². The molecule has 0 aromatic heterocycles. The minimum absolute atomic E-state index is 0.388. The van der Waals surface area contributed by atoms with Crippen molar-refractivity contribution in [2.75, 3.05) is 13.1 Å². The maximum Gasteiger partial charge on any atom is 0.0340 e. The van der Waals surface area contributed by atoms with Crippen molar-refractivity contribution in [3.8, 4) is 0 Å². The summed E-state index contributed by atoms with van der Waals surface area (Å²) in [6, 6.07) is 0.874. The SMILES string of the molecule is CC(C)C1CC(CN)(N2CCCC2C2CCCC2)C1. The molecule has 1 atom stereocenters. The van der Waals surface area contributed by atoms with E-state index in [1.165, 1.54) is 57.9 Å². The molecule has 0 spiro atoms. The van der Waals surface area contributed by atoms with Gasteiger partial charge in [0.15, 0.2) is 0 Å². The Kier molecular flexibility index (Phi) is 3.92. The van der Waals surface area contributed by atoms with E-state index >= 15 is 0 Å². The molecule has 2 N–H and O–H groups in total. The van der Waals surface area contributed by atoms with Crippen molar-refractivity contribution in [3.63, 3.8) is 0 Å². The van der Waals surface area contributed by atoms with Crippen molar-refractivity contribution < 1.29 is 0 Å². The molecule has 1 saturated heterocycles. The fourth-order valence-electron chi connectivity index (χ4n) is 5.12. The lowest BCUT2D eigenvalue weighted by Gasteiger charge is -2.57. The van der Waals surface area contributed by atoms with Crippen LogP contribution in [-0.4, -0.2) is 29.6 Å². The Balaban J connectivity index is 1.69. The Bertz CT molecular complexity index is 300. The highest BCUT2D eigenvalue weighted by atomic mass is 15.3. The number of hydrogen-bond acceptors (Lipinski definition) is 2. The topological polar surface area (TPSA) is 29.3 Å². The smallest absolute Gasteiger partial charge is 0.0340 e. The third-order valence-corrected chi connectivity index (χ3v) is 6.46. The minimum atomic E-state index is 0.388. The molecular formula is C17H32N2. The van der Waals surface area contributed by atoms with Crippen molar-refractivity contribution in [1.29, 1.82) is 0 Å². The maximum absolute atomic E-state index is 6.23. The molecular weight excluding hydrogens is 232 g/mol. The van der Waals surface area contributed by atoms with Crippen molar-refractivity contribution in [3.05, 3.63) is 0 Å². The third kappa shape index (κ3) is 2.35. The average molecular weight is 264 g/mol. The van der Waals surface area contributed by atoms with Gasteiger partial charge in [0.25, 0.3) is 0 Å². The Morgan fingerprint density at radius 2 is 1.79 bits per heavy atom. The van der Waals surface area contributed by atoms with E-state index in [2.05, 4.69) is 18.7 Å². The molecule has 0 aromatic carbocycles. The van der Waals surface area contributed by atoms with Gasteiger partial charge < -0.3 is 5.73 Å². The standard InChI is InChI=1S/C17H32N2/c1-13(2)15-10-17(11-15,12-18)19-9-5-8-16(19)14-6-3-4-7-14/h13-16H,3-12,18H2,1-2H3. The van der Waals surface area contributed by atoms with Crippen molar-refractivity contribution in [2.24, 2.45) is 23.5 Å². The molecule has 3 aliphatic rings. The predicted octanol–water partition coefficient (Wildman–Crippen LogP) is 3.40. The van der Waals surface area contributed by atoms with Crippen LogP contribution in [0.15, 0.2) is 0 Å². The second-order valence-electron chi connectivity index (χ2n) is 7.79. The molecule has 19 heavy (non-hydrogen) atoms. The molecule has 0 amide bonds. The number of nitrogens with zero attached hydrogens (tertiary/aromatic N) is 1. The van der Waals surface area contributed by atoms with Crippen LogP contribution >= 0.6 is 0 Å². The van der Waals surface area contributed by atoms with Gasteiger partial charge in [-0.25, -0.2) is 0 Å². The highest BCUT2D eigenvalue weighted by molar-refractivity contribution is 5.08. The van der Waals surface area contributed by atoms with E-state index in [4.69, 9.17) is 5.73 Å². The quantitative estimate of drug-likeness (QED) is 0.843. The van der Waals surface area contributed by atoms with Crippen LogP contribution in [0.1, 0.15) is 65.2 Å². The molecule has 0 bridgehead atoms. The van der Waals surface area contributed by atoms with Crippen molar-refractivity contribution in [1.82, 2.24) is 4.90 Å². The van der Waals surface area contributed by atoms with Crippen molar-refractivity contribution in [2.45, 2.75) is 76.8 Å². The number of nitrogens with two attached hydrogens (primary N) is 1. The lowest BCUT2D eigenvalue weighted by Crippen LogP contribution is -2.64. The van der Waals surface area contributed by atoms with Crippen LogP contribution in [0.5, 0.6) is 0 Å². The van der Waals surface area contributed by atoms with E-state index in [0.717, 1.165) is 30.3 Å². The largest absolute Gasteiger partial charge is 0.329 e. The van der Waals surface area contributed by atoms with Gasteiger partial charge in [0, 0.05) is 18.1 Å². The van der Waals surface area contributed by atoms with Crippen LogP contribution in [0.3, 0.4) is 0 Å². The Labute approximate surface area is 119 Å². The Morgan fingerprint density at radius 1 is 1.11 bits per heavy atom. The maximum atomic E-state index is 6.23.